The summed E-state index contributed by atoms with van der Waals surface area (Å²) in [6, 6.07) is 7.74. The fraction of sp³-hybridized carbons (Fsp3) is 0.312. The number of aromatic nitrogens is 2. The van der Waals surface area contributed by atoms with Crippen LogP contribution >= 0.6 is 23.1 Å². The van der Waals surface area contributed by atoms with E-state index in [4.69, 9.17) is 4.74 Å². The number of carbonyl (C=O) groups is 1. The van der Waals surface area contributed by atoms with E-state index in [1.807, 2.05) is 24.3 Å². The van der Waals surface area contributed by atoms with E-state index >= 15 is 0 Å². The number of thioether (sulfide) groups is 1. The monoisotopic (exact) mass is 349 g/mol. The summed E-state index contributed by atoms with van der Waals surface area (Å²) in [5.74, 6) is 1.58. The smallest absolute Gasteiger partial charge is 0.264 e. The van der Waals surface area contributed by atoms with Crippen molar-refractivity contribution >= 4 is 34.1 Å². The van der Waals surface area contributed by atoms with Gasteiger partial charge in [0, 0.05) is 5.75 Å². The van der Waals surface area contributed by atoms with Gasteiger partial charge >= 0.3 is 0 Å². The van der Waals surface area contributed by atoms with E-state index < -0.39 is 0 Å². The second-order valence-corrected chi connectivity index (χ2v) is 7.25. The topological polar surface area (TPSA) is 64.1 Å². The third-order valence-electron chi connectivity index (χ3n) is 2.88. The van der Waals surface area contributed by atoms with Crippen molar-refractivity contribution in [3.8, 4) is 5.75 Å². The Morgan fingerprint density at radius 2 is 2.22 bits per heavy atom. The van der Waals surface area contributed by atoms with Crippen molar-refractivity contribution < 1.29 is 9.53 Å². The van der Waals surface area contributed by atoms with E-state index in [-0.39, 0.29) is 12.5 Å². The zero-order chi connectivity index (χ0) is 16.7. The molecule has 1 N–H and O–H groups in total. The second kappa shape index (κ2) is 8.69. The number of rotatable bonds is 8. The van der Waals surface area contributed by atoms with Gasteiger partial charge in [0.25, 0.3) is 5.91 Å². The molecular formula is C16H19N3O2S2. The van der Waals surface area contributed by atoms with Gasteiger partial charge in [0.15, 0.2) is 10.9 Å². The summed E-state index contributed by atoms with van der Waals surface area (Å²) in [7, 11) is 0. The molecule has 0 radical (unpaired) electrons. The molecule has 1 aromatic heterocycles. The molecule has 1 amide bonds. The van der Waals surface area contributed by atoms with Crippen LogP contribution in [0.1, 0.15) is 25.3 Å². The SMILES string of the molecule is C=CCSc1nnc(NC(=O)COc2ccccc2C(C)C)s1. The van der Waals surface area contributed by atoms with E-state index in [0.29, 0.717) is 11.0 Å². The molecule has 2 rings (SSSR count). The number of para-hydroxylation sites is 1. The molecular weight excluding hydrogens is 330 g/mol. The summed E-state index contributed by atoms with van der Waals surface area (Å²) in [6.07, 6.45) is 1.80. The molecule has 0 fully saturated rings. The van der Waals surface area contributed by atoms with Crippen LogP contribution in [-0.2, 0) is 4.79 Å². The van der Waals surface area contributed by atoms with Crippen LogP contribution in [0, 0.1) is 0 Å². The summed E-state index contributed by atoms with van der Waals surface area (Å²) in [5.41, 5.74) is 1.08. The first-order valence-electron chi connectivity index (χ1n) is 7.19. The molecule has 122 valence electrons. The Labute approximate surface area is 144 Å². The van der Waals surface area contributed by atoms with E-state index in [0.717, 1.165) is 21.4 Å². The average molecular weight is 349 g/mol. The Morgan fingerprint density at radius 3 is 2.96 bits per heavy atom. The molecule has 1 heterocycles. The highest BCUT2D eigenvalue weighted by molar-refractivity contribution is 8.01. The molecule has 23 heavy (non-hydrogen) atoms. The van der Waals surface area contributed by atoms with Crippen LogP contribution in [0.5, 0.6) is 5.75 Å². The number of anilines is 1. The molecule has 0 aliphatic rings. The molecule has 0 saturated heterocycles. The van der Waals surface area contributed by atoms with Crippen LogP contribution in [0.3, 0.4) is 0 Å². The first-order chi connectivity index (χ1) is 11.1. The zero-order valence-corrected chi connectivity index (χ0v) is 14.7. The highest BCUT2D eigenvalue weighted by Gasteiger charge is 2.11. The van der Waals surface area contributed by atoms with Gasteiger partial charge in [0.2, 0.25) is 5.13 Å². The Bertz CT molecular complexity index is 671. The molecule has 0 saturated carbocycles. The largest absolute Gasteiger partial charge is 0.483 e. The molecule has 0 aliphatic carbocycles. The molecule has 2 aromatic rings. The summed E-state index contributed by atoms with van der Waals surface area (Å²) in [6.45, 7) is 7.77. The molecule has 0 aliphatic heterocycles. The van der Waals surface area contributed by atoms with Crippen molar-refractivity contribution in [2.45, 2.75) is 24.1 Å². The number of nitrogens with one attached hydrogen (secondary N) is 1. The summed E-state index contributed by atoms with van der Waals surface area (Å²) in [5, 5.41) is 11.1. The third-order valence-corrected chi connectivity index (χ3v) is 4.85. The number of hydrogen-bond acceptors (Lipinski definition) is 6. The highest BCUT2D eigenvalue weighted by atomic mass is 32.2. The van der Waals surface area contributed by atoms with Gasteiger partial charge in [-0.15, -0.1) is 16.8 Å². The minimum Gasteiger partial charge on any atom is -0.483 e. The number of amides is 1. The zero-order valence-electron chi connectivity index (χ0n) is 13.1. The van der Waals surface area contributed by atoms with Gasteiger partial charge in [0.1, 0.15) is 5.75 Å². The van der Waals surface area contributed by atoms with Gasteiger partial charge in [-0.25, -0.2) is 0 Å². The Kier molecular flexibility index (Phi) is 6.61. The van der Waals surface area contributed by atoms with Gasteiger partial charge in [-0.2, -0.15) is 0 Å². The van der Waals surface area contributed by atoms with Crippen molar-refractivity contribution in [3.63, 3.8) is 0 Å². The van der Waals surface area contributed by atoms with Crippen molar-refractivity contribution in [1.82, 2.24) is 10.2 Å². The second-order valence-electron chi connectivity index (χ2n) is 5.00. The number of ether oxygens (including phenoxy) is 1. The van der Waals surface area contributed by atoms with E-state index in [1.165, 1.54) is 23.1 Å². The van der Waals surface area contributed by atoms with Crippen molar-refractivity contribution in [2.24, 2.45) is 0 Å². The van der Waals surface area contributed by atoms with Crippen LogP contribution in [0.4, 0.5) is 5.13 Å². The maximum absolute atomic E-state index is 12.0. The van der Waals surface area contributed by atoms with Gasteiger partial charge in [-0.3, -0.25) is 10.1 Å². The molecule has 1 aromatic carbocycles. The predicted molar refractivity (Wildman–Crippen MR) is 95.5 cm³/mol. The summed E-state index contributed by atoms with van der Waals surface area (Å²) in [4.78, 5) is 12.0. The fourth-order valence-corrected chi connectivity index (χ4v) is 3.37. The van der Waals surface area contributed by atoms with Crippen LogP contribution in [-0.4, -0.2) is 28.5 Å². The first kappa shape index (κ1) is 17.5. The summed E-state index contributed by atoms with van der Waals surface area (Å²) < 4.78 is 6.43. The Hall–Kier alpha value is -1.86. The van der Waals surface area contributed by atoms with E-state index in [9.17, 15) is 4.79 Å². The lowest BCUT2D eigenvalue weighted by Crippen LogP contribution is -2.20. The normalized spacial score (nSPS) is 10.6. The van der Waals surface area contributed by atoms with Crippen LogP contribution in [0.2, 0.25) is 0 Å². The minimum absolute atomic E-state index is 0.0571. The maximum atomic E-state index is 12.0. The molecule has 0 bridgehead atoms. The lowest BCUT2D eigenvalue weighted by Gasteiger charge is -2.13. The quantitative estimate of drug-likeness (QED) is 0.444. The van der Waals surface area contributed by atoms with E-state index in [1.54, 1.807) is 6.08 Å². The number of carbonyl (C=O) groups excluding carboxylic acids is 1. The maximum Gasteiger partial charge on any atom is 0.264 e. The minimum atomic E-state index is -0.250. The number of nitrogens with zero attached hydrogens (tertiary/aromatic N) is 2. The standard InChI is InChI=1S/C16H19N3O2S2/c1-4-9-22-16-19-18-15(23-16)17-14(20)10-21-13-8-6-5-7-12(13)11(2)3/h4-8,11H,1,9-10H2,2-3H3,(H,17,18,20). The average Bonchev–Trinajstić information content (AvgIpc) is 2.98. The predicted octanol–water partition coefficient (Wildman–Crippen LogP) is 3.96. The fourth-order valence-electron chi connectivity index (χ4n) is 1.84. The molecule has 0 spiro atoms. The van der Waals surface area contributed by atoms with Crippen LogP contribution < -0.4 is 10.1 Å². The van der Waals surface area contributed by atoms with Gasteiger partial charge in [-0.05, 0) is 17.5 Å². The number of hydrogen-bond donors (Lipinski definition) is 1. The highest BCUT2D eigenvalue weighted by Crippen LogP contribution is 2.27. The van der Waals surface area contributed by atoms with Gasteiger partial charge < -0.3 is 4.74 Å². The lowest BCUT2D eigenvalue weighted by atomic mass is 10.0. The van der Waals surface area contributed by atoms with Crippen LogP contribution in [0.15, 0.2) is 41.3 Å². The summed E-state index contributed by atoms with van der Waals surface area (Å²) >= 11 is 2.86. The lowest BCUT2D eigenvalue weighted by molar-refractivity contribution is -0.118. The van der Waals surface area contributed by atoms with Crippen molar-refractivity contribution in [2.75, 3.05) is 17.7 Å². The first-order valence-corrected chi connectivity index (χ1v) is 8.99. The Balaban J connectivity index is 1.88. The molecule has 0 atom stereocenters. The molecule has 7 heteroatoms. The van der Waals surface area contributed by atoms with Gasteiger partial charge in [-0.1, -0.05) is 61.2 Å². The third kappa shape index (κ3) is 5.37. The van der Waals surface area contributed by atoms with Crippen molar-refractivity contribution in [1.29, 1.82) is 0 Å². The van der Waals surface area contributed by atoms with Crippen molar-refractivity contribution in [3.05, 3.63) is 42.5 Å². The van der Waals surface area contributed by atoms with Gasteiger partial charge in [0.05, 0.1) is 0 Å². The Morgan fingerprint density at radius 1 is 1.43 bits per heavy atom. The molecule has 5 nitrogen and oxygen atoms in total. The number of benzene rings is 1. The van der Waals surface area contributed by atoms with Crippen LogP contribution in [0.25, 0.3) is 0 Å². The molecule has 0 unspecified atom stereocenters. The van der Waals surface area contributed by atoms with E-state index in [2.05, 4.69) is 35.9 Å².